The summed E-state index contributed by atoms with van der Waals surface area (Å²) >= 11 is 1.43. The number of carbonyl (C=O) groups is 3. The third kappa shape index (κ3) is 4.66. The molecule has 0 spiro atoms. The van der Waals surface area contributed by atoms with E-state index < -0.39 is 17.8 Å². The van der Waals surface area contributed by atoms with E-state index in [1.807, 2.05) is 13.8 Å². The highest BCUT2D eigenvalue weighted by Gasteiger charge is 2.14. The molecule has 0 aliphatic rings. The number of aryl methyl sites for hydroxylation is 2. The largest absolute Gasteiger partial charge is 0.465 e. The van der Waals surface area contributed by atoms with Gasteiger partial charge in [-0.15, -0.1) is 11.3 Å². The third-order valence-corrected chi connectivity index (χ3v) is 4.77. The fourth-order valence-electron chi connectivity index (χ4n) is 2.22. The molecular weight excluding hydrogens is 360 g/mol. The normalized spacial score (nSPS) is 10.6. The molecule has 0 aliphatic carbocycles. The molecule has 0 unspecified atom stereocenters. The number of nitrogens with zero attached hydrogens (tertiary/aromatic N) is 2. The number of nitrogens with one attached hydrogen (secondary N) is 2. The Morgan fingerprint density at radius 1 is 1.19 bits per heavy atom. The molecule has 0 aliphatic heterocycles. The zero-order valence-corrected chi connectivity index (χ0v) is 15.6. The van der Waals surface area contributed by atoms with Gasteiger partial charge in [-0.3, -0.25) is 23.7 Å². The van der Waals surface area contributed by atoms with Crippen LogP contribution < -0.4 is 16.2 Å². The quantitative estimate of drug-likeness (QED) is 0.646. The van der Waals surface area contributed by atoms with Gasteiger partial charge >= 0.3 is 5.97 Å². The highest BCUT2D eigenvalue weighted by Crippen LogP contribution is 2.25. The van der Waals surface area contributed by atoms with Gasteiger partial charge in [0.25, 0.3) is 5.56 Å². The van der Waals surface area contributed by atoms with Gasteiger partial charge in [-0.25, -0.2) is 4.98 Å². The van der Waals surface area contributed by atoms with Crippen LogP contribution in [0.1, 0.15) is 17.4 Å². The van der Waals surface area contributed by atoms with Gasteiger partial charge in [0.05, 0.1) is 24.9 Å². The minimum absolute atomic E-state index is 0.224. The number of fused-ring (bicyclic) bond motifs is 1. The summed E-state index contributed by atoms with van der Waals surface area (Å²) in [4.78, 5) is 53.0. The van der Waals surface area contributed by atoms with E-state index >= 15 is 0 Å². The highest BCUT2D eigenvalue weighted by atomic mass is 32.1. The summed E-state index contributed by atoms with van der Waals surface area (Å²) in [6, 6.07) is 0. The molecule has 2 heterocycles. The standard InChI is InChI=1S/C16H20N4O5S/c1-4-25-13(23)6-18-11(21)5-17-12(22)7-20-8-19-15-14(16(20)24)9(2)10(3)26-15/h8H,4-7H2,1-3H3,(H,17,22)(H,18,21). The monoisotopic (exact) mass is 380 g/mol. The van der Waals surface area contributed by atoms with Gasteiger partial charge in [0.2, 0.25) is 11.8 Å². The van der Waals surface area contributed by atoms with Crippen molar-refractivity contribution in [2.24, 2.45) is 0 Å². The summed E-state index contributed by atoms with van der Waals surface area (Å²) in [6.07, 6.45) is 1.32. The van der Waals surface area contributed by atoms with Crippen LogP contribution in [0.5, 0.6) is 0 Å². The lowest BCUT2D eigenvalue weighted by atomic mass is 10.2. The van der Waals surface area contributed by atoms with Crippen molar-refractivity contribution < 1.29 is 19.1 Å². The molecule has 0 fully saturated rings. The van der Waals surface area contributed by atoms with Gasteiger partial charge in [0.15, 0.2) is 0 Å². The van der Waals surface area contributed by atoms with Crippen LogP contribution in [0.15, 0.2) is 11.1 Å². The first-order valence-electron chi connectivity index (χ1n) is 7.97. The third-order valence-electron chi connectivity index (χ3n) is 3.65. The number of rotatable bonds is 7. The Morgan fingerprint density at radius 3 is 2.58 bits per heavy atom. The summed E-state index contributed by atoms with van der Waals surface area (Å²) in [5.41, 5.74) is 0.564. The van der Waals surface area contributed by atoms with E-state index in [9.17, 15) is 19.2 Å². The maximum absolute atomic E-state index is 12.5. The minimum Gasteiger partial charge on any atom is -0.465 e. The Kier molecular flexibility index (Phi) is 6.45. The Bertz CT molecular complexity index is 902. The number of ether oxygens (including phenoxy) is 1. The Labute approximate surface area is 153 Å². The predicted octanol–water partition coefficient (Wildman–Crippen LogP) is -0.130. The number of esters is 1. The molecule has 0 atom stereocenters. The zero-order valence-electron chi connectivity index (χ0n) is 14.7. The molecule has 140 valence electrons. The van der Waals surface area contributed by atoms with Crippen LogP contribution in [-0.4, -0.2) is 47.0 Å². The second kappa shape index (κ2) is 8.56. The molecule has 0 bridgehead atoms. The Balaban J connectivity index is 1.92. The van der Waals surface area contributed by atoms with Crippen molar-refractivity contribution >= 4 is 39.3 Å². The number of amides is 2. The van der Waals surface area contributed by atoms with Gasteiger partial charge in [0.1, 0.15) is 17.9 Å². The molecule has 2 rings (SSSR count). The van der Waals surface area contributed by atoms with Gasteiger partial charge < -0.3 is 15.4 Å². The van der Waals surface area contributed by atoms with Gasteiger partial charge in [-0.1, -0.05) is 0 Å². The molecule has 26 heavy (non-hydrogen) atoms. The summed E-state index contributed by atoms with van der Waals surface area (Å²) < 4.78 is 5.87. The van der Waals surface area contributed by atoms with E-state index in [1.54, 1.807) is 6.92 Å². The first-order valence-corrected chi connectivity index (χ1v) is 8.79. The topological polar surface area (TPSA) is 119 Å². The van der Waals surface area contributed by atoms with Crippen molar-refractivity contribution in [2.45, 2.75) is 27.3 Å². The summed E-state index contributed by atoms with van der Waals surface area (Å²) in [5.74, 6) is -1.60. The lowest BCUT2D eigenvalue weighted by Gasteiger charge is -2.08. The van der Waals surface area contributed by atoms with Crippen LogP contribution in [0.4, 0.5) is 0 Å². The van der Waals surface area contributed by atoms with Crippen molar-refractivity contribution in [3.8, 4) is 0 Å². The smallest absolute Gasteiger partial charge is 0.325 e. The predicted molar refractivity (Wildman–Crippen MR) is 96.0 cm³/mol. The van der Waals surface area contributed by atoms with Crippen LogP contribution in [0.25, 0.3) is 10.2 Å². The fourth-order valence-corrected chi connectivity index (χ4v) is 3.20. The van der Waals surface area contributed by atoms with Crippen molar-refractivity contribution in [3.63, 3.8) is 0 Å². The summed E-state index contributed by atoms with van der Waals surface area (Å²) in [6.45, 7) is 4.82. The van der Waals surface area contributed by atoms with Gasteiger partial charge in [0, 0.05) is 4.88 Å². The SMILES string of the molecule is CCOC(=O)CNC(=O)CNC(=O)Cn1cnc2sc(C)c(C)c2c1=O. The van der Waals surface area contributed by atoms with E-state index in [4.69, 9.17) is 0 Å². The second-order valence-corrected chi connectivity index (χ2v) is 6.70. The second-order valence-electron chi connectivity index (χ2n) is 5.50. The maximum atomic E-state index is 12.5. The fraction of sp³-hybridized carbons (Fsp3) is 0.438. The molecule has 0 saturated heterocycles. The molecule has 0 saturated carbocycles. The summed E-state index contributed by atoms with van der Waals surface area (Å²) in [5, 5.41) is 5.23. The Hall–Kier alpha value is -2.75. The Morgan fingerprint density at radius 2 is 1.88 bits per heavy atom. The summed E-state index contributed by atoms with van der Waals surface area (Å²) in [7, 11) is 0. The van der Waals surface area contributed by atoms with E-state index in [2.05, 4.69) is 20.4 Å². The van der Waals surface area contributed by atoms with Crippen LogP contribution in [0, 0.1) is 13.8 Å². The average Bonchev–Trinajstić information content (AvgIpc) is 2.89. The molecular formula is C16H20N4O5S. The molecule has 0 radical (unpaired) electrons. The zero-order chi connectivity index (χ0) is 19.3. The van der Waals surface area contributed by atoms with Crippen molar-refractivity contribution in [3.05, 3.63) is 27.1 Å². The number of hydrogen-bond donors (Lipinski definition) is 2. The van der Waals surface area contributed by atoms with E-state index in [1.165, 1.54) is 22.2 Å². The van der Waals surface area contributed by atoms with E-state index in [0.717, 1.165) is 10.4 Å². The number of carbonyl (C=O) groups excluding carboxylic acids is 3. The molecule has 2 aromatic heterocycles. The van der Waals surface area contributed by atoms with Crippen LogP contribution in [0.2, 0.25) is 0 Å². The first-order chi connectivity index (χ1) is 12.3. The highest BCUT2D eigenvalue weighted by molar-refractivity contribution is 7.18. The molecule has 2 amide bonds. The number of thiophene rings is 1. The van der Waals surface area contributed by atoms with Crippen LogP contribution >= 0.6 is 11.3 Å². The molecule has 9 nitrogen and oxygen atoms in total. The lowest BCUT2D eigenvalue weighted by molar-refractivity contribution is -0.143. The molecule has 2 aromatic rings. The van der Waals surface area contributed by atoms with Gasteiger partial charge in [-0.2, -0.15) is 0 Å². The number of aromatic nitrogens is 2. The minimum atomic E-state index is -0.556. The van der Waals surface area contributed by atoms with Crippen LogP contribution in [0.3, 0.4) is 0 Å². The molecule has 10 heteroatoms. The van der Waals surface area contributed by atoms with Gasteiger partial charge in [-0.05, 0) is 26.3 Å². The van der Waals surface area contributed by atoms with Crippen LogP contribution in [-0.2, 0) is 25.7 Å². The van der Waals surface area contributed by atoms with Crippen molar-refractivity contribution in [1.29, 1.82) is 0 Å². The molecule has 0 aromatic carbocycles. The lowest BCUT2D eigenvalue weighted by Crippen LogP contribution is -2.41. The number of hydrogen-bond acceptors (Lipinski definition) is 7. The average molecular weight is 380 g/mol. The van der Waals surface area contributed by atoms with Crippen molar-refractivity contribution in [2.75, 3.05) is 19.7 Å². The van der Waals surface area contributed by atoms with E-state index in [-0.39, 0.29) is 31.8 Å². The van der Waals surface area contributed by atoms with Crippen molar-refractivity contribution in [1.82, 2.24) is 20.2 Å². The first kappa shape index (κ1) is 19.6. The van der Waals surface area contributed by atoms with E-state index in [0.29, 0.717) is 10.2 Å². The maximum Gasteiger partial charge on any atom is 0.325 e. The molecule has 2 N–H and O–H groups in total.